The molecule has 1 N–H and O–H groups in total. The van der Waals surface area contributed by atoms with Crippen molar-refractivity contribution in [1.82, 2.24) is 10.2 Å². The number of nitrogens with zero attached hydrogens (tertiary/aromatic N) is 2. The van der Waals surface area contributed by atoms with Gasteiger partial charge in [-0.2, -0.15) is 16.6 Å². The molecule has 1 aromatic rings. The molecule has 4 nitrogen and oxygen atoms in total. The Morgan fingerprint density at radius 2 is 2.33 bits per heavy atom. The predicted octanol–water partition coefficient (Wildman–Crippen LogP) is 2.75. The Hall–Kier alpha value is -1.54. The van der Waals surface area contributed by atoms with Gasteiger partial charge in [-0.25, -0.2) is 4.79 Å². The molecule has 1 fully saturated rings. The Balaban J connectivity index is 1.84. The van der Waals surface area contributed by atoms with E-state index in [1.807, 2.05) is 23.8 Å². The number of thiophene rings is 1. The molecule has 1 aromatic heterocycles. The second kappa shape index (κ2) is 5.87. The second-order valence-corrected chi connectivity index (χ2v) is 5.40. The van der Waals surface area contributed by atoms with Crippen LogP contribution in [0.3, 0.4) is 0 Å². The van der Waals surface area contributed by atoms with Crippen LogP contribution < -0.4 is 5.32 Å². The summed E-state index contributed by atoms with van der Waals surface area (Å²) in [5.74, 6) is 0.114. The maximum absolute atomic E-state index is 12.0. The molecule has 2 rings (SSSR count). The number of hydrogen-bond acceptors (Lipinski definition) is 3. The van der Waals surface area contributed by atoms with Gasteiger partial charge in [0.15, 0.2) is 0 Å². The Morgan fingerprint density at radius 3 is 2.89 bits per heavy atom. The zero-order valence-electron chi connectivity index (χ0n) is 10.4. The second-order valence-electron chi connectivity index (χ2n) is 4.62. The fourth-order valence-electron chi connectivity index (χ4n) is 2.09. The number of carbonyl (C=O) groups excluding carboxylic acids is 1. The van der Waals surface area contributed by atoms with E-state index >= 15 is 0 Å². The SMILES string of the molecule is C[C@H](NC(=O)N1CCC(C#N)CC1)c1ccsc1. The molecule has 2 heterocycles. The van der Waals surface area contributed by atoms with Crippen LogP contribution in [0.25, 0.3) is 0 Å². The smallest absolute Gasteiger partial charge is 0.317 e. The normalized spacial score (nSPS) is 18.1. The van der Waals surface area contributed by atoms with Crippen LogP contribution in [-0.2, 0) is 0 Å². The highest BCUT2D eigenvalue weighted by molar-refractivity contribution is 7.07. The summed E-state index contributed by atoms with van der Waals surface area (Å²) in [6.45, 7) is 3.35. The minimum atomic E-state index is -0.0231. The molecule has 2 amide bonds. The van der Waals surface area contributed by atoms with E-state index in [-0.39, 0.29) is 18.0 Å². The zero-order valence-corrected chi connectivity index (χ0v) is 11.2. The van der Waals surface area contributed by atoms with Gasteiger partial charge in [-0.15, -0.1) is 0 Å². The van der Waals surface area contributed by atoms with Crippen molar-refractivity contribution in [3.05, 3.63) is 22.4 Å². The van der Waals surface area contributed by atoms with E-state index in [1.54, 1.807) is 16.2 Å². The number of hydrogen-bond donors (Lipinski definition) is 1. The first kappa shape index (κ1) is 12.9. The summed E-state index contributed by atoms with van der Waals surface area (Å²) in [5.41, 5.74) is 1.14. The van der Waals surface area contributed by atoms with Crippen LogP contribution in [0.1, 0.15) is 31.4 Å². The van der Waals surface area contributed by atoms with Crippen molar-refractivity contribution in [2.75, 3.05) is 13.1 Å². The van der Waals surface area contributed by atoms with Crippen molar-refractivity contribution in [1.29, 1.82) is 5.26 Å². The van der Waals surface area contributed by atoms with Crippen molar-refractivity contribution in [2.45, 2.75) is 25.8 Å². The highest BCUT2D eigenvalue weighted by Crippen LogP contribution is 2.18. The van der Waals surface area contributed by atoms with Gasteiger partial charge in [0.05, 0.1) is 12.1 Å². The van der Waals surface area contributed by atoms with Crippen LogP contribution in [0.5, 0.6) is 0 Å². The number of carbonyl (C=O) groups is 1. The summed E-state index contributed by atoms with van der Waals surface area (Å²) in [4.78, 5) is 13.8. The molecule has 5 heteroatoms. The highest BCUT2D eigenvalue weighted by Gasteiger charge is 2.23. The topological polar surface area (TPSA) is 56.1 Å². The number of piperidine rings is 1. The van der Waals surface area contributed by atoms with Gasteiger partial charge in [-0.3, -0.25) is 0 Å². The van der Waals surface area contributed by atoms with Crippen LogP contribution in [0.4, 0.5) is 4.79 Å². The predicted molar refractivity (Wildman–Crippen MR) is 71.2 cm³/mol. The van der Waals surface area contributed by atoms with Crippen molar-refractivity contribution >= 4 is 17.4 Å². The minimum absolute atomic E-state index is 0.0231. The first-order chi connectivity index (χ1) is 8.70. The minimum Gasteiger partial charge on any atom is -0.331 e. The van der Waals surface area contributed by atoms with Gasteiger partial charge >= 0.3 is 6.03 Å². The zero-order chi connectivity index (χ0) is 13.0. The molecule has 1 aliphatic heterocycles. The van der Waals surface area contributed by atoms with Crippen LogP contribution in [0.15, 0.2) is 16.8 Å². The molecular formula is C13H17N3OS. The molecule has 1 aliphatic rings. The van der Waals surface area contributed by atoms with Crippen molar-refractivity contribution in [3.63, 3.8) is 0 Å². The van der Waals surface area contributed by atoms with E-state index in [0.29, 0.717) is 13.1 Å². The van der Waals surface area contributed by atoms with E-state index in [0.717, 1.165) is 18.4 Å². The standard InChI is InChI=1S/C13H17N3OS/c1-10(12-4-7-18-9-12)15-13(17)16-5-2-11(8-14)3-6-16/h4,7,9-11H,2-3,5-6H2,1H3,(H,15,17)/t10-/m0/s1. The van der Waals surface area contributed by atoms with Crippen LogP contribution in [-0.4, -0.2) is 24.0 Å². The maximum atomic E-state index is 12.0. The van der Waals surface area contributed by atoms with Gasteiger partial charge in [0.25, 0.3) is 0 Å². The van der Waals surface area contributed by atoms with E-state index < -0.39 is 0 Å². The molecule has 0 unspecified atom stereocenters. The molecule has 0 aromatic carbocycles. The summed E-state index contributed by atoms with van der Waals surface area (Å²) < 4.78 is 0. The fourth-order valence-corrected chi connectivity index (χ4v) is 2.85. The summed E-state index contributed by atoms with van der Waals surface area (Å²) in [6.07, 6.45) is 1.58. The Bertz CT molecular complexity index is 430. The molecule has 0 aliphatic carbocycles. The Kier molecular flexibility index (Phi) is 4.21. The van der Waals surface area contributed by atoms with Gasteiger partial charge in [0, 0.05) is 19.0 Å². The van der Waals surface area contributed by atoms with Crippen LogP contribution in [0, 0.1) is 17.2 Å². The third-order valence-electron chi connectivity index (χ3n) is 3.35. The van der Waals surface area contributed by atoms with E-state index in [2.05, 4.69) is 11.4 Å². The Morgan fingerprint density at radius 1 is 1.61 bits per heavy atom. The van der Waals surface area contributed by atoms with Gasteiger partial charge in [-0.1, -0.05) is 0 Å². The number of urea groups is 1. The van der Waals surface area contributed by atoms with Crippen molar-refractivity contribution in [3.8, 4) is 6.07 Å². The largest absolute Gasteiger partial charge is 0.331 e. The van der Waals surface area contributed by atoms with Gasteiger partial charge in [0.1, 0.15) is 0 Å². The molecule has 0 bridgehead atoms. The van der Waals surface area contributed by atoms with Gasteiger partial charge < -0.3 is 10.2 Å². The maximum Gasteiger partial charge on any atom is 0.317 e. The molecule has 0 saturated carbocycles. The lowest BCUT2D eigenvalue weighted by Gasteiger charge is -2.30. The number of nitriles is 1. The summed E-state index contributed by atoms with van der Waals surface area (Å²) in [7, 11) is 0. The molecular weight excluding hydrogens is 246 g/mol. The number of amides is 2. The monoisotopic (exact) mass is 263 g/mol. The lowest BCUT2D eigenvalue weighted by atomic mass is 9.99. The highest BCUT2D eigenvalue weighted by atomic mass is 32.1. The lowest BCUT2D eigenvalue weighted by molar-refractivity contribution is 0.176. The molecule has 1 atom stereocenters. The van der Waals surface area contributed by atoms with Crippen LogP contribution in [0.2, 0.25) is 0 Å². The van der Waals surface area contributed by atoms with E-state index in [9.17, 15) is 4.79 Å². The lowest BCUT2D eigenvalue weighted by Crippen LogP contribution is -2.45. The fraction of sp³-hybridized carbons (Fsp3) is 0.538. The third-order valence-corrected chi connectivity index (χ3v) is 4.05. The number of rotatable bonds is 2. The summed E-state index contributed by atoms with van der Waals surface area (Å²) >= 11 is 1.63. The molecule has 0 radical (unpaired) electrons. The summed E-state index contributed by atoms with van der Waals surface area (Å²) in [5, 5.41) is 15.9. The number of nitrogens with one attached hydrogen (secondary N) is 1. The number of likely N-dealkylation sites (tertiary alicyclic amines) is 1. The van der Waals surface area contributed by atoms with Gasteiger partial charge in [-0.05, 0) is 42.2 Å². The third kappa shape index (κ3) is 3.02. The molecule has 0 spiro atoms. The molecule has 18 heavy (non-hydrogen) atoms. The quantitative estimate of drug-likeness (QED) is 0.892. The first-order valence-electron chi connectivity index (χ1n) is 6.18. The molecule has 96 valence electrons. The van der Waals surface area contributed by atoms with Crippen LogP contribution >= 0.6 is 11.3 Å². The van der Waals surface area contributed by atoms with Crippen molar-refractivity contribution in [2.24, 2.45) is 5.92 Å². The van der Waals surface area contributed by atoms with E-state index in [1.165, 1.54) is 0 Å². The average molecular weight is 263 g/mol. The first-order valence-corrected chi connectivity index (χ1v) is 7.12. The average Bonchev–Trinajstić information content (AvgIpc) is 2.92. The summed E-state index contributed by atoms with van der Waals surface area (Å²) in [6, 6.07) is 4.31. The van der Waals surface area contributed by atoms with Gasteiger partial charge in [0.2, 0.25) is 0 Å². The Labute approximate surface area is 111 Å². The van der Waals surface area contributed by atoms with Crippen molar-refractivity contribution < 1.29 is 4.79 Å². The van der Waals surface area contributed by atoms with E-state index in [4.69, 9.17) is 5.26 Å². The molecule has 1 saturated heterocycles.